The summed E-state index contributed by atoms with van der Waals surface area (Å²) in [5.41, 5.74) is 18.5. The largest absolute Gasteiger partial charge is 0.504 e. The molecule has 4 aromatic rings. The van der Waals surface area contributed by atoms with Crippen molar-refractivity contribution in [1.29, 1.82) is 0 Å². The van der Waals surface area contributed by atoms with E-state index in [1.807, 2.05) is 30.3 Å². The van der Waals surface area contributed by atoms with Crippen LogP contribution in [0.5, 0.6) is 11.5 Å². The van der Waals surface area contributed by atoms with E-state index in [0.29, 0.717) is 0 Å². The Morgan fingerprint density at radius 2 is 0.844 bits per heavy atom. The van der Waals surface area contributed by atoms with Gasteiger partial charge in [-0.1, -0.05) is 242 Å². The van der Waals surface area contributed by atoms with Crippen molar-refractivity contribution in [2.45, 2.75) is 220 Å². The van der Waals surface area contributed by atoms with Crippen LogP contribution in [0.2, 0.25) is 0 Å². The van der Waals surface area contributed by atoms with Crippen LogP contribution in [0.1, 0.15) is 228 Å². The van der Waals surface area contributed by atoms with Crippen LogP contribution in [0.15, 0.2) is 90.6 Å². The number of benzene rings is 4. The molecule has 4 aromatic carbocycles. The average Bonchev–Trinajstić information content (AvgIpc) is 3.98. The number of rotatable bonds is 34. The third-order valence-electron chi connectivity index (χ3n) is 13.3. The van der Waals surface area contributed by atoms with Gasteiger partial charge in [0.2, 0.25) is 0 Å². The third kappa shape index (κ3) is 20.3. The van der Waals surface area contributed by atoms with Crippen LogP contribution < -0.4 is 0 Å². The van der Waals surface area contributed by atoms with Gasteiger partial charge in [-0.2, -0.15) is 0 Å². The zero-order valence-corrected chi connectivity index (χ0v) is 40.9. The maximum absolute atomic E-state index is 10.4. The minimum atomic E-state index is -0.0233. The summed E-state index contributed by atoms with van der Waals surface area (Å²) in [7, 11) is 0. The van der Waals surface area contributed by atoms with Crippen molar-refractivity contribution < 1.29 is 14.9 Å². The average molecular weight is 869 g/mol. The van der Waals surface area contributed by atoms with Gasteiger partial charge in [0, 0.05) is 11.5 Å². The van der Waals surface area contributed by atoms with E-state index < -0.39 is 0 Å². The normalized spacial score (nSPS) is 12.4. The van der Waals surface area contributed by atoms with E-state index in [1.54, 1.807) is 6.07 Å². The van der Waals surface area contributed by atoms with Gasteiger partial charge in [0.25, 0.3) is 11.4 Å². The number of allylic oxidation sites excluding steroid dienone is 1. The molecule has 0 bridgehead atoms. The molecule has 1 aliphatic heterocycles. The van der Waals surface area contributed by atoms with Crippen molar-refractivity contribution in [3.63, 3.8) is 0 Å². The lowest BCUT2D eigenvalue weighted by atomic mass is 9.99. The summed E-state index contributed by atoms with van der Waals surface area (Å²) in [5.74, 6) is -0.0411. The summed E-state index contributed by atoms with van der Waals surface area (Å²) in [6.07, 6.45) is 46.1. The number of aromatic hydroxyl groups is 2. The maximum Gasteiger partial charge on any atom is 0.279 e. The second-order valence-corrected chi connectivity index (χ2v) is 18.9. The lowest BCUT2D eigenvalue weighted by molar-refractivity contribution is -0.310. The molecule has 5 rings (SSSR count). The van der Waals surface area contributed by atoms with Gasteiger partial charge >= 0.3 is 0 Å². The highest BCUT2D eigenvalue weighted by Crippen LogP contribution is 2.38. The highest BCUT2D eigenvalue weighted by atomic mass is 16.3. The van der Waals surface area contributed by atoms with E-state index in [-0.39, 0.29) is 11.5 Å². The molecule has 0 radical (unpaired) electrons. The van der Waals surface area contributed by atoms with Gasteiger partial charge in [-0.15, -0.1) is 0 Å². The van der Waals surface area contributed by atoms with E-state index >= 15 is 0 Å². The minimum absolute atomic E-state index is 0.0177. The van der Waals surface area contributed by atoms with Crippen LogP contribution in [0.25, 0.3) is 28.1 Å². The Morgan fingerprint density at radius 3 is 1.30 bits per heavy atom. The summed E-state index contributed by atoms with van der Waals surface area (Å²) in [4.78, 5) is 0. The highest BCUT2D eigenvalue weighted by molar-refractivity contribution is 5.93. The van der Waals surface area contributed by atoms with Crippen LogP contribution in [0.3, 0.4) is 0 Å². The molecule has 0 atom stereocenters. The van der Waals surface area contributed by atoms with Crippen molar-refractivity contribution >= 4 is 22.5 Å². The van der Waals surface area contributed by atoms with E-state index in [0.717, 1.165) is 59.0 Å². The van der Waals surface area contributed by atoms with E-state index in [1.165, 1.54) is 195 Å². The predicted octanol–water partition coefficient (Wildman–Crippen LogP) is 19.0. The number of phenolic OH excluding ortho intramolecular Hbond substituents is 2. The first-order chi connectivity index (χ1) is 31.5. The van der Waals surface area contributed by atoms with Crippen molar-refractivity contribution in [3.8, 4) is 11.5 Å². The van der Waals surface area contributed by atoms with Gasteiger partial charge < -0.3 is 15.7 Å². The van der Waals surface area contributed by atoms with Crippen LogP contribution >= 0.6 is 0 Å². The van der Waals surface area contributed by atoms with Gasteiger partial charge in [0.05, 0.1) is 5.56 Å². The second kappa shape index (κ2) is 32.5. The molecule has 0 fully saturated rings. The number of phenols is 2. The Kier molecular flexibility index (Phi) is 26.6. The molecule has 0 amide bonds. The molecular formula is C60H88N2O2. The first kappa shape index (κ1) is 52.4. The fourth-order valence-electron chi connectivity index (χ4n) is 9.07. The first-order valence-electron chi connectivity index (χ1n) is 26.5. The number of hydrogen-bond donors (Lipinski definition) is 2. The molecule has 2 N–H and O–H groups in total. The molecule has 0 saturated carbocycles. The van der Waals surface area contributed by atoms with Gasteiger partial charge in [-0.3, -0.25) is 0 Å². The lowest BCUT2D eigenvalue weighted by Gasteiger charge is -2.09. The van der Waals surface area contributed by atoms with Gasteiger partial charge in [0.15, 0.2) is 11.5 Å². The van der Waals surface area contributed by atoms with Gasteiger partial charge in [-0.25, -0.2) is 4.70 Å². The van der Waals surface area contributed by atoms with E-state index in [9.17, 15) is 15.7 Å². The number of unbranched alkanes of at least 4 members (excludes halogenated alkanes) is 25. The molecule has 0 saturated heterocycles. The summed E-state index contributed by atoms with van der Waals surface area (Å²) in [6.45, 7) is 6.73. The smallest absolute Gasteiger partial charge is 0.279 e. The fraction of sp³-hybridized carbons (Fsp3) is 0.567. The van der Waals surface area contributed by atoms with Crippen LogP contribution in [0.4, 0.5) is 0 Å². The second-order valence-electron chi connectivity index (χ2n) is 18.9. The number of fused-ring (bicyclic) bond motifs is 1. The SMILES string of the molecule is CCCCCCCCCCCCCCCc1ccc(C=CC2=C(c3ccc(CCCCCCCCCCCCCCC)cc3)[N+]2=[N-])cc1.CCCCc1cc(O)c(O)c2ccccc12. The zero-order chi connectivity index (χ0) is 45.5. The highest BCUT2D eigenvalue weighted by Gasteiger charge is 2.36. The van der Waals surface area contributed by atoms with E-state index in [4.69, 9.17) is 0 Å². The molecule has 0 aromatic heterocycles. The van der Waals surface area contributed by atoms with Crippen LogP contribution in [-0.2, 0) is 19.3 Å². The third-order valence-corrected chi connectivity index (χ3v) is 13.3. The minimum Gasteiger partial charge on any atom is -0.504 e. The number of aryl methyl sites for hydroxylation is 3. The fourth-order valence-corrected chi connectivity index (χ4v) is 9.07. The molecular weight excluding hydrogens is 781 g/mol. The number of hydrogen-bond acceptors (Lipinski definition) is 2. The summed E-state index contributed by atoms with van der Waals surface area (Å²) in [5, 5.41) is 21.2. The Morgan fingerprint density at radius 1 is 0.438 bits per heavy atom. The monoisotopic (exact) mass is 869 g/mol. The summed E-state index contributed by atoms with van der Waals surface area (Å²) >= 11 is 0. The summed E-state index contributed by atoms with van der Waals surface area (Å²) in [6, 6.07) is 27.1. The quantitative estimate of drug-likeness (QED) is 0.0279. The lowest BCUT2D eigenvalue weighted by Crippen LogP contribution is -1.88. The Hall–Kier alpha value is -4.18. The van der Waals surface area contributed by atoms with Crippen molar-refractivity contribution in [3.05, 3.63) is 124 Å². The topological polar surface area (TPSA) is 65.8 Å². The molecule has 1 heterocycles. The van der Waals surface area contributed by atoms with Crippen molar-refractivity contribution in [2.75, 3.05) is 0 Å². The molecule has 4 heteroatoms. The Labute approximate surface area is 391 Å². The van der Waals surface area contributed by atoms with Crippen LogP contribution in [0, 0.1) is 0 Å². The van der Waals surface area contributed by atoms with Crippen molar-refractivity contribution in [2.24, 2.45) is 0 Å². The molecule has 1 aliphatic rings. The standard InChI is InChI=1S/C46H72N2.C14H16O2/c1-3-5-7-9-11-13-15-17-19-21-23-25-27-29-41-31-33-43(34-32-41)37-40-45-46(48(45)47)44-38-35-42(36-39-44)30-28-26-24-22-20-18-16-14-12-10-8-6-4-2;1-2-3-6-10-9-13(15)14(16)12-8-5-4-7-11(10)12/h31-40H,3-30H2,1-2H3;4-5,7-9,15-16H,2-3,6H2,1H3. The Balaban J connectivity index is 0.000000466. The first-order valence-corrected chi connectivity index (χ1v) is 26.5. The Bertz CT molecular complexity index is 1920. The van der Waals surface area contributed by atoms with Crippen LogP contribution in [-0.4, -0.2) is 14.9 Å². The van der Waals surface area contributed by atoms with E-state index in [2.05, 4.69) is 75.4 Å². The molecule has 64 heavy (non-hydrogen) atoms. The molecule has 0 aliphatic carbocycles. The molecule has 350 valence electrons. The number of nitrogens with zero attached hydrogens (tertiary/aromatic N) is 2. The molecule has 4 nitrogen and oxygen atoms in total. The van der Waals surface area contributed by atoms with Crippen molar-refractivity contribution in [1.82, 2.24) is 0 Å². The summed E-state index contributed by atoms with van der Waals surface area (Å²) < 4.78 is 1.32. The maximum atomic E-state index is 10.4. The predicted molar refractivity (Wildman–Crippen MR) is 277 cm³/mol. The van der Waals surface area contributed by atoms with Gasteiger partial charge in [-0.05, 0) is 90.4 Å². The zero-order valence-electron chi connectivity index (χ0n) is 40.9. The molecule has 0 unspecified atom stereocenters. The molecule has 0 spiro atoms. The van der Waals surface area contributed by atoms with Gasteiger partial charge in [0.1, 0.15) is 0 Å².